The highest BCUT2D eigenvalue weighted by atomic mass is 127. The second-order valence-electron chi connectivity index (χ2n) is 5.06. The lowest BCUT2D eigenvalue weighted by Gasteiger charge is -2.13. The van der Waals surface area contributed by atoms with E-state index >= 15 is 0 Å². The Morgan fingerprint density at radius 3 is 2.76 bits per heavy atom. The maximum atomic E-state index is 12.1. The molecule has 0 aliphatic rings. The molecule has 0 spiro atoms. The van der Waals surface area contributed by atoms with Crippen LogP contribution >= 0.6 is 35.3 Å². The predicted octanol–water partition coefficient (Wildman–Crippen LogP) is 1.48. The first-order chi connectivity index (χ1) is 11.5. The summed E-state index contributed by atoms with van der Waals surface area (Å²) in [6.45, 7) is 6.64. The first-order valence-corrected chi connectivity index (χ1v) is 10.6. The van der Waals surface area contributed by atoms with Gasteiger partial charge in [-0.2, -0.15) is 0 Å². The van der Waals surface area contributed by atoms with Gasteiger partial charge in [0, 0.05) is 26.3 Å². The van der Waals surface area contributed by atoms with E-state index < -0.39 is 15.9 Å². The third-order valence-corrected chi connectivity index (χ3v) is 6.26. The number of aliphatic imine (C=N–C) groups is 1. The number of nitrogens with zero attached hydrogens (tertiary/aromatic N) is 1. The van der Waals surface area contributed by atoms with Gasteiger partial charge in [-0.3, -0.25) is 4.99 Å². The zero-order valence-electron chi connectivity index (χ0n) is 14.6. The molecule has 1 atom stereocenters. The molecule has 1 unspecified atom stereocenters. The summed E-state index contributed by atoms with van der Waals surface area (Å²) < 4.78 is 29.7. The number of thiophene rings is 1. The molecule has 0 bridgehead atoms. The van der Waals surface area contributed by atoms with E-state index in [1.807, 2.05) is 13.8 Å². The molecule has 1 aromatic heterocycles. The number of ether oxygens (including phenoxy) is 1. The Kier molecular flexibility index (Phi) is 13.5. The van der Waals surface area contributed by atoms with E-state index in [-0.39, 0.29) is 40.5 Å². The number of aliphatic hydroxyl groups is 1. The largest absolute Gasteiger partial charge is 0.390 e. The summed E-state index contributed by atoms with van der Waals surface area (Å²) in [6.07, 6.45) is -0.205. The number of rotatable bonds is 11. The Labute approximate surface area is 171 Å². The lowest BCUT2D eigenvalue weighted by atomic mass is 10.4. The summed E-state index contributed by atoms with van der Waals surface area (Å²) in [5.41, 5.74) is 0. The normalized spacial score (nSPS) is 13.2. The summed E-state index contributed by atoms with van der Waals surface area (Å²) in [4.78, 5) is 4.24. The Balaban J connectivity index is 0.00000576. The molecule has 0 saturated heterocycles. The number of guanidine groups is 1. The number of halogens is 1. The van der Waals surface area contributed by atoms with Gasteiger partial charge in [-0.25, -0.2) is 8.42 Å². The molecule has 1 aromatic rings. The van der Waals surface area contributed by atoms with Crippen molar-refractivity contribution >= 4 is 51.1 Å². The third-order valence-electron chi connectivity index (χ3n) is 2.98. The molecule has 0 aliphatic heterocycles. The minimum atomic E-state index is -3.46. The predicted molar refractivity (Wildman–Crippen MR) is 113 cm³/mol. The smallest absolute Gasteiger partial charge is 0.191 e. The van der Waals surface area contributed by atoms with Crippen LogP contribution in [0.2, 0.25) is 0 Å². The molecule has 0 aliphatic carbocycles. The van der Waals surface area contributed by atoms with E-state index in [2.05, 4.69) is 15.6 Å². The second kappa shape index (κ2) is 13.7. The minimum Gasteiger partial charge on any atom is -0.390 e. The fraction of sp³-hybridized carbons (Fsp3) is 0.667. The second-order valence-corrected chi connectivity index (χ2v) is 8.27. The molecule has 0 amide bonds. The maximum absolute atomic E-state index is 12.1. The van der Waals surface area contributed by atoms with Gasteiger partial charge >= 0.3 is 0 Å². The molecular formula is C15H28IN3O4S2. The summed E-state index contributed by atoms with van der Waals surface area (Å²) >= 11 is 1.15. The number of hydrogen-bond acceptors (Lipinski definition) is 6. The van der Waals surface area contributed by atoms with Gasteiger partial charge in [0.05, 0.1) is 18.4 Å². The summed E-state index contributed by atoms with van der Waals surface area (Å²) in [7, 11) is -3.46. The maximum Gasteiger partial charge on any atom is 0.191 e. The molecule has 25 heavy (non-hydrogen) atoms. The fourth-order valence-electron chi connectivity index (χ4n) is 1.89. The summed E-state index contributed by atoms with van der Waals surface area (Å²) in [5, 5.41) is 17.9. The van der Waals surface area contributed by atoms with Crippen molar-refractivity contribution in [1.82, 2.24) is 10.6 Å². The van der Waals surface area contributed by atoms with Crippen LogP contribution in [0.5, 0.6) is 0 Å². The zero-order valence-corrected chi connectivity index (χ0v) is 18.6. The first kappa shape index (κ1) is 24.6. The molecule has 0 fully saturated rings. The molecule has 10 heteroatoms. The standard InChI is InChI=1S/C15H27N3O4S2.HI/c1-3-16-15(17-8-6-9-22-4-2)18-11-13(19)12-24(20,21)14-7-5-10-23-14;/h5,7,10,13,19H,3-4,6,8-9,11-12H2,1-2H3,(H2,16,17,18);1H. The van der Waals surface area contributed by atoms with Crippen LogP contribution < -0.4 is 10.6 Å². The van der Waals surface area contributed by atoms with Crippen molar-refractivity contribution in [2.24, 2.45) is 4.99 Å². The van der Waals surface area contributed by atoms with Crippen LogP contribution in [0.25, 0.3) is 0 Å². The number of hydrogen-bond donors (Lipinski definition) is 3. The number of aliphatic hydroxyl groups excluding tert-OH is 1. The topological polar surface area (TPSA) is 100 Å². The number of nitrogens with one attached hydrogen (secondary N) is 2. The van der Waals surface area contributed by atoms with Crippen molar-refractivity contribution in [3.05, 3.63) is 17.5 Å². The van der Waals surface area contributed by atoms with E-state index in [4.69, 9.17) is 4.74 Å². The number of sulfone groups is 1. The van der Waals surface area contributed by atoms with Gasteiger partial charge in [-0.15, -0.1) is 35.3 Å². The van der Waals surface area contributed by atoms with Crippen molar-refractivity contribution in [3.63, 3.8) is 0 Å². The van der Waals surface area contributed by atoms with Crippen LogP contribution in [-0.4, -0.2) is 64.2 Å². The van der Waals surface area contributed by atoms with E-state index in [1.54, 1.807) is 17.5 Å². The average Bonchev–Trinajstić information content (AvgIpc) is 3.07. The van der Waals surface area contributed by atoms with Crippen molar-refractivity contribution in [2.45, 2.75) is 30.6 Å². The summed E-state index contributed by atoms with van der Waals surface area (Å²) in [6, 6.07) is 3.22. The van der Waals surface area contributed by atoms with Crippen LogP contribution in [0, 0.1) is 0 Å². The van der Waals surface area contributed by atoms with Crippen LogP contribution in [0.4, 0.5) is 0 Å². The Morgan fingerprint density at radius 2 is 2.16 bits per heavy atom. The van der Waals surface area contributed by atoms with Crippen LogP contribution in [-0.2, 0) is 14.6 Å². The van der Waals surface area contributed by atoms with Gasteiger partial charge in [-0.05, 0) is 31.7 Å². The monoisotopic (exact) mass is 505 g/mol. The van der Waals surface area contributed by atoms with Crippen molar-refractivity contribution in [1.29, 1.82) is 0 Å². The molecule has 146 valence electrons. The van der Waals surface area contributed by atoms with E-state index in [1.165, 1.54) is 0 Å². The van der Waals surface area contributed by atoms with Crippen LogP contribution in [0.15, 0.2) is 26.7 Å². The average molecular weight is 505 g/mol. The van der Waals surface area contributed by atoms with Gasteiger partial charge < -0.3 is 20.5 Å². The molecule has 1 heterocycles. The minimum absolute atomic E-state index is 0. The van der Waals surface area contributed by atoms with E-state index in [0.717, 1.165) is 17.8 Å². The molecule has 0 saturated carbocycles. The molecule has 3 N–H and O–H groups in total. The highest BCUT2D eigenvalue weighted by molar-refractivity contribution is 14.0. The van der Waals surface area contributed by atoms with Gasteiger partial charge in [0.2, 0.25) is 0 Å². The van der Waals surface area contributed by atoms with Gasteiger partial charge in [0.15, 0.2) is 15.8 Å². The fourth-order valence-corrected chi connectivity index (χ4v) is 4.36. The first-order valence-electron chi connectivity index (χ1n) is 8.03. The van der Waals surface area contributed by atoms with E-state index in [9.17, 15) is 13.5 Å². The van der Waals surface area contributed by atoms with E-state index in [0.29, 0.717) is 32.3 Å². The molecule has 1 rings (SSSR count). The van der Waals surface area contributed by atoms with Crippen molar-refractivity contribution in [2.75, 3.05) is 38.6 Å². The highest BCUT2D eigenvalue weighted by Crippen LogP contribution is 2.18. The molecule has 7 nitrogen and oxygen atoms in total. The Bertz CT molecular complexity index is 580. The van der Waals surface area contributed by atoms with Gasteiger partial charge in [0.25, 0.3) is 0 Å². The third kappa shape index (κ3) is 10.3. The lowest BCUT2D eigenvalue weighted by Crippen LogP contribution is -2.39. The van der Waals surface area contributed by atoms with Crippen molar-refractivity contribution < 1.29 is 18.3 Å². The Hall–Kier alpha value is -0.430. The molecular weight excluding hydrogens is 477 g/mol. The summed E-state index contributed by atoms with van der Waals surface area (Å²) in [5.74, 6) is 0.224. The van der Waals surface area contributed by atoms with Crippen molar-refractivity contribution in [3.8, 4) is 0 Å². The van der Waals surface area contributed by atoms with Crippen LogP contribution in [0.3, 0.4) is 0 Å². The van der Waals surface area contributed by atoms with Gasteiger partial charge in [-0.1, -0.05) is 6.07 Å². The highest BCUT2D eigenvalue weighted by Gasteiger charge is 2.20. The van der Waals surface area contributed by atoms with Gasteiger partial charge in [0.1, 0.15) is 4.21 Å². The molecule has 0 radical (unpaired) electrons. The lowest BCUT2D eigenvalue weighted by molar-refractivity contribution is 0.145. The Morgan fingerprint density at radius 1 is 1.40 bits per heavy atom. The molecule has 0 aromatic carbocycles. The van der Waals surface area contributed by atoms with Crippen LogP contribution in [0.1, 0.15) is 20.3 Å². The SMILES string of the molecule is CCNC(=NCC(O)CS(=O)(=O)c1cccs1)NCCCOCC.I. The zero-order chi connectivity index (χ0) is 17.8. The quantitative estimate of drug-likeness (QED) is 0.182.